The molecule has 2 saturated heterocycles. The second kappa shape index (κ2) is 11.5. The van der Waals surface area contributed by atoms with Gasteiger partial charge in [-0.25, -0.2) is 4.39 Å². The zero-order chi connectivity index (χ0) is 28.3. The van der Waals surface area contributed by atoms with Crippen LogP contribution in [-0.4, -0.2) is 66.6 Å². The van der Waals surface area contributed by atoms with E-state index in [4.69, 9.17) is 20.6 Å². The molecule has 0 saturated carbocycles. The number of nitrogens with one attached hydrogen (secondary N) is 3. The molecule has 12 heteroatoms. The SMILES string of the molecule is N=C(N)c1csc(CNC(=O)C2CC3(CN2C(=O)CNC(=O)c2ccc(-c4ccccc4)cc2F)OCCO3)c1. The number of likely N-dealkylation sites (tertiary alicyclic amines) is 1. The molecule has 1 unspecified atom stereocenters. The van der Waals surface area contributed by atoms with Crippen LogP contribution < -0.4 is 16.4 Å². The van der Waals surface area contributed by atoms with Gasteiger partial charge < -0.3 is 30.7 Å². The first-order valence-corrected chi connectivity index (χ1v) is 13.5. The predicted octanol–water partition coefficient (Wildman–Crippen LogP) is 2.23. The van der Waals surface area contributed by atoms with Crippen LogP contribution in [0.4, 0.5) is 4.39 Å². The van der Waals surface area contributed by atoms with Gasteiger partial charge in [0, 0.05) is 22.2 Å². The molecular weight excluding hydrogens is 537 g/mol. The lowest BCUT2D eigenvalue weighted by atomic mass is 10.0. The number of rotatable bonds is 8. The number of amidine groups is 1. The lowest BCUT2D eigenvalue weighted by Gasteiger charge is -2.24. The standard InChI is InChI=1S/C28H28FN5O5S/c29-22-11-18(17-4-2-1-3-5-17)6-7-21(22)26(36)33-14-24(35)34-16-28(38-8-9-39-28)12-23(34)27(37)32-13-20-10-19(15-40-20)25(30)31/h1-7,10-11,15,23H,8-9,12-14,16H2,(H3,30,31)(H,32,37)(H,33,36). The van der Waals surface area contributed by atoms with Crippen LogP contribution in [0.2, 0.25) is 0 Å². The van der Waals surface area contributed by atoms with E-state index in [0.29, 0.717) is 24.3 Å². The zero-order valence-electron chi connectivity index (χ0n) is 21.4. The van der Waals surface area contributed by atoms with E-state index in [9.17, 15) is 18.8 Å². The van der Waals surface area contributed by atoms with Crippen molar-refractivity contribution >= 4 is 34.9 Å². The molecule has 2 aliphatic rings. The highest BCUT2D eigenvalue weighted by molar-refractivity contribution is 7.10. The van der Waals surface area contributed by atoms with E-state index < -0.39 is 41.9 Å². The van der Waals surface area contributed by atoms with Crippen molar-refractivity contribution in [3.05, 3.63) is 81.8 Å². The molecule has 3 aromatic rings. The number of amides is 3. The highest BCUT2D eigenvalue weighted by Crippen LogP contribution is 2.35. The van der Waals surface area contributed by atoms with Crippen molar-refractivity contribution in [1.29, 1.82) is 5.41 Å². The minimum Gasteiger partial charge on any atom is -0.384 e. The van der Waals surface area contributed by atoms with Gasteiger partial charge in [-0.2, -0.15) is 0 Å². The Labute approximate surface area is 233 Å². The predicted molar refractivity (Wildman–Crippen MR) is 146 cm³/mol. The lowest BCUT2D eigenvalue weighted by molar-refractivity contribution is -0.152. The normalized spacial score (nSPS) is 17.6. The van der Waals surface area contributed by atoms with Gasteiger partial charge in [0.1, 0.15) is 17.7 Å². The molecule has 5 N–H and O–H groups in total. The number of nitrogens with zero attached hydrogens (tertiary/aromatic N) is 1. The number of thiophene rings is 1. The summed E-state index contributed by atoms with van der Waals surface area (Å²) in [4.78, 5) is 41.2. The first-order chi connectivity index (χ1) is 19.2. The summed E-state index contributed by atoms with van der Waals surface area (Å²) in [7, 11) is 0. The second-order valence-corrected chi connectivity index (χ2v) is 10.5. The Balaban J connectivity index is 1.23. The monoisotopic (exact) mass is 565 g/mol. The van der Waals surface area contributed by atoms with Gasteiger partial charge in [-0.05, 0) is 29.3 Å². The van der Waals surface area contributed by atoms with Gasteiger partial charge in [0.05, 0.1) is 38.4 Å². The first-order valence-electron chi connectivity index (χ1n) is 12.6. The molecule has 2 aromatic carbocycles. The first kappa shape index (κ1) is 27.4. The van der Waals surface area contributed by atoms with E-state index in [1.165, 1.54) is 28.4 Å². The van der Waals surface area contributed by atoms with Crippen LogP contribution in [0.15, 0.2) is 60.0 Å². The molecule has 0 radical (unpaired) electrons. The molecule has 2 aliphatic heterocycles. The van der Waals surface area contributed by atoms with Crippen molar-refractivity contribution in [3.8, 4) is 11.1 Å². The Morgan fingerprint density at radius 2 is 1.82 bits per heavy atom. The summed E-state index contributed by atoms with van der Waals surface area (Å²) in [6.45, 7) is 0.459. The molecule has 0 bridgehead atoms. The van der Waals surface area contributed by atoms with Crippen LogP contribution in [0.5, 0.6) is 0 Å². The average Bonchev–Trinajstić information content (AvgIpc) is 3.71. The Morgan fingerprint density at radius 1 is 1.07 bits per heavy atom. The van der Waals surface area contributed by atoms with Gasteiger partial charge in [0.25, 0.3) is 5.91 Å². The van der Waals surface area contributed by atoms with Crippen LogP contribution in [0.3, 0.4) is 0 Å². The molecule has 1 aromatic heterocycles. The number of carbonyl (C=O) groups excluding carboxylic acids is 3. The number of hydrogen-bond acceptors (Lipinski definition) is 7. The molecule has 208 valence electrons. The third kappa shape index (κ3) is 5.88. The van der Waals surface area contributed by atoms with E-state index in [2.05, 4.69) is 10.6 Å². The summed E-state index contributed by atoms with van der Waals surface area (Å²) in [6, 6.07) is 14.3. The number of ether oxygens (including phenoxy) is 2. The maximum Gasteiger partial charge on any atom is 0.254 e. The number of nitrogens with two attached hydrogens (primary N) is 1. The third-order valence-electron chi connectivity index (χ3n) is 6.85. The average molecular weight is 566 g/mol. The maximum atomic E-state index is 14.8. The Morgan fingerprint density at radius 3 is 2.50 bits per heavy atom. The quantitative estimate of drug-likeness (QED) is 0.243. The number of halogens is 1. The maximum absolute atomic E-state index is 14.8. The van der Waals surface area contributed by atoms with E-state index in [-0.39, 0.29) is 30.9 Å². The summed E-state index contributed by atoms with van der Waals surface area (Å²) in [5.74, 6) is -3.54. The molecule has 2 fully saturated rings. The summed E-state index contributed by atoms with van der Waals surface area (Å²) in [5, 5.41) is 14.5. The second-order valence-electron chi connectivity index (χ2n) is 9.53. The highest BCUT2D eigenvalue weighted by atomic mass is 32.1. The molecular formula is C28H28FN5O5S. The van der Waals surface area contributed by atoms with Gasteiger partial charge in [0.15, 0.2) is 5.79 Å². The van der Waals surface area contributed by atoms with Crippen LogP contribution in [-0.2, 0) is 25.6 Å². The largest absolute Gasteiger partial charge is 0.384 e. The van der Waals surface area contributed by atoms with Gasteiger partial charge in [-0.1, -0.05) is 36.4 Å². The van der Waals surface area contributed by atoms with Crippen LogP contribution in [0.25, 0.3) is 11.1 Å². The summed E-state index contributed by atoms with van der Waals surface area (Å²) < 4.78 is 26.3. The molecule has 1 atom stereocenters. The molecule has 1 spiro atoms. The number of hydrogen-bond donors (Lipinski definition) is 4. The zero-order valence-corrected chi connectivity index (χ0v) is 22.3. The Kier molecular flexibility index (Phi) is 7.92. The number of nitrogen functional groups attached to an aromatic ring is 1. The van der Waals surface area contributed by atoms with E-state index in [1.807, 2.05) is 30.3 Å². The minimum absolute atomic E-state index is 0.0212. The number of benzene rings is 2. The number of carbonyl (C=O) groups is 3. The summed E-state index contributed by atoms with van der Waals surface area (Å²) in [5.41, 5.74) is 7.32. The minimum atomic E-state index is -1.09. The lowest BCUT2D eigenvalue weighted by Crippen LogP contribution is -2.49. The fourth-order valence-corrected chi connectivity index (χ4v) is 5.63. The van der Waals surface area contributed by atoms with Crippen LogP contribution in [0, 0.1) is 11.2 Å². The summed E-state index contributed by atoms with van der Waals surface area (Å²) >= 11 is 1.35. The molecule has 3 heterocycles. The highest BCUT2D eigenvalue weighted by Gasteiger charge is 2.52. The fraction of sp³-hybridized carbons (Fsp3) is 0.286. The van der Waals surface area contributed by atoms with Crippen LogP contribution in [0.1, 0.15) is 27.2 Å². The van der Waals surface area contributed by atoms with Crippen molar-refractivity contribution in [2.24, 2.45) is 5.73 Å². The van der Waals surface area contributed by atoms with Crippen molar-refractivity contribution in [2.75, 3.05) is 26.3 Å². The Hall–Kier alpha value is -4.13. The van der Waals surface area contributed by atoms with Crippen molar-refractivity contribution in [1.82, 2.24) is 15.5 Å². The van der Waals surface area contributed by atoms with E-state index in [1.54, 1.807) is 17.5 Å². The molecule has 0 aliphatic carbocycles. The Bertz CT molecular complexity index is 1440. The molecule has 40 heavy (non-hydrogen) atoms. The van der Waals surface area contributed by atoms with Crippen molar-refractivity contribution in [2.45, 2.75) is 24.8 Å². The van der Waals surface area contributed by atoms with Crippen molar-refractivity contribution < 1.29 is 28.2 Å². The van der Waals surface area contributed by atoms with E-state index in [0.717, 1.165) is 10.4 Å². The topological polar surface area (TPSA) is 147 Å². The van der Waals surface area contributed by atoms with Gasteiger partial charge in [0.2, 0.25) is 11.8 Å². The fourth-order valence-electron chi connectivity index (χ4n) is 4.81. The van der Waals surface area contributed by atoms with Gasteiger partial charge in [-0.15, -0.1) is 11.3 Å². The summed E-state index contributed by atoms with van der Waals surface area (Å²) in [6.07, 6.45) is 0.136. The van der Waals surface area contributed by atoms with Gasteiger partial charge in [-0.3, -0.25) is 19.8 Å². The van der Waals surface area contributed by atoms with Crippen LogP contribution >= 0.6 is 11.3 Å². The third-order valence-corrected chi connectivity index (χ3v) is 7.79. The van der Waals surface area contributed by atoms with Gasteiger partial charge >= 0.3 is 0 Å². The van der Waals surface area contributed by atoms with Crippen molar-refractivity contribution in [3.63, 3.8) is 0 Å². The smallest absolute Gasteiger partial charge is 0.254 e. The molecule has 5 rings (SSSR count). The molecule has 10 nitrogen and oxygen atoms in total. The molecule has 3 amide bonds. The van der Waals surface area contributed by atoms with E-state index >= 15 is 0 Å².